The van der Waals surface area contributed by atoms with Gasteiger partial charge in [-0.2, -0.15) is 0 Å². The number of rotatable bonds is 5. The average Bonchev–Trinajstić information content (AvgIpc) is 3.04. The summed E-state index contributed by atoms with van der Waals surface area (Å²) in [6, 6.07) is 7.77. The number of carbonyl (C=O) groups is 1. The number of para-hydroxylation sites is 1. The Balaban J connectivity index is 1.62. The number of hydrogen-bond acceptors (Lipinski definition) is 4. The molecule has 0 radical (unpaired) electrons. The second-order valence-corrected chi connectivity index (χ2v) is 7.59. The quantitative estimate of drug-likeness (QED) is 0.750. The zero-order valence-electron chi connectivity index (χ0n) is 14.8. The number of nitrogens with zero attached hydrogens (tertiary/aromatic N) is 2. The van der Waals surface area contributed by atoms with Crippen molar-refractivity contribution >= 4 is 23.3 Å². The zero-order chi connectivity index (χ0) is 17.6. The van der Waals surface area contributed by atoms with Gasteiger partial charge in [0.2, 0.25) is 5.91 Å². The summed E-state index contributed by atoms with van der Waals surface area (Å²) in [5, 5.41) is 3.04. The molecule has 4 nitrogen and oxygen atoms in total. The number of thiazole rings is 1. The highest BCUT2D eigenvalue weighted by atomic mass is 32.1. The number of piperidine rings is 1. The molecule has 3 rings (SSSR count). The lowest BCUT2D eigenvalue weighted by molar-refractivity contribution is -0.127. The molecule has 132 valence electrons. The van der Waals surface area contributed by atoms with E-state index in [1.807, 2.05) is 47.5 Å². The molecule has 0 N–H and O–H groups in total. The third-order valence-electron chi connectivity index (χ3n) is 4.46. The van der Waals surface area contributed by atoms with E-state index in [4.69, 9.17) is 4.74 Å². The van der Waals surface area contributed by atoms with Gasteiger partial charge < -0.3 is 9.64 Å². The summed E-state index contributed by atoms with van der Waals surface area (Å²) in [6.45, 7) is 6.37. The van der Waals surface area contributed by atoms with Crippen LogP contribution in [0.3, 0.4) is 0 Å². The Morgan fingerprint density at radius 1 is 1.36 bits per heavy atom. The molecule has 0 bridgehead atoms. The van der Waals surface area contributed by atoms with Gasteiger partial charge in [0.15, 0.2) is 0 Å². The molecule has 0 spiro atoms. The molecule has 1 aliphatic rings. The van der Waals surface area contributed by atoms with Crippen LogP contribution in [-0.2, 0) is 11.4 Å². The summed E-state index contributed by atoms with van der Waals surface area (Å²) in [5.41, 5.74) is 1.84. The molecule has 1 aliphatic heterocycles. The number of aryl methyl sites for hydroxylation is 1. The highest BCUT2D eigenvalue weighted by Crippen LogP contribution is 2.22. The molecule has 1 fully saturated rings. The SMILES string of the molecule is Cc1nc(COc2ccccc2/C=C/C(=O)N2CCC(C)CC2)cs1. The summed E-state index contributed by atoms with van der Waals surface area (Å²) in [4.78, 5) is 18.7. The Labute approximate surface area is 153 Å². The van der Waals surface area contributed by atoms with Crippen molar-refractivity contribution in [3.05, 3.63) is 52.0 Å². The summed E-state index contributed by atoms with van der Waals surface area (Å²) < 4.78 is 5.90. The fraction of sp³-hybridized carbons (Fsp3) is 0.400. The van der Waals surface area contributed by atoms with E-state index in [-0.39, 0.29) is 5.91 Å². The first-order valence-corrected chi connectivity index (χ1v) is 9.59. The highest BCUT2D eigenvalue weighted by Gasteiger charge is 2.18. The third-order valence-corrected chi connectivity index (χ3v) is 5.28. The smallest absolute Gasteiger partial charge is 0.246 e. The fourth-order valence-electron chi connectivity index (χ4n) is 2.87. The van der Waals surface area contributed by atoms with Gasteiger partial charge in [-0.15, -0.1) is 11.3 Å². The van der Waals surface area contributed by atoms with Crippen LogP contribution in [0, 0.1) is 12.8 Å². The van der Waals surface area contributed by atoms with E-state index in [2.05, 4.69) is 11.9 Å². The Kier molecular flexibility index (Phi) is 5.87. The zero-order valence-corrected chi connectivity index (χ0v) is 15.6. The normalized spacial score (nSPS) is 15.7. The molecule has 0 aliphatic carbocycles. The molecule has 5 heteroatoms. The van der Waals surface area contributed by atoms with E-state index in [1.54, 1.807) is 17.4 Å². The van der Waals surface area contributed by atoms with Gasteiger partial charge in [0.05, 0.1) is 10.7 Å². The number of likely N-dealkylation sites (tertiary alicyclic amines) is 1. The molecular weight excluding hydrogens is 332 g/mol. The van der Waals surface area contributed by atoms with Crippen LogP contribution in [0.1, 0.15) is 36.0 Å². The molecule has 0 saturated carbocycles. The number of benzene rings is 1. The molecule has 1 aromatic carbocycles. The number of aromatic nitrogens is 1. The van der Waals surface area contributed by atoms with Crippen molar-refractivity contribution in [1.82, 2.24) is 9.88 Å². The number of hydrogen-bond donors (Lipinski definition) is 0. The van der Waals surface area contributed by atoms with E-state index < -0.39 is 0 Å². The van der Waals surface area contributed by atoms with Gasteiger partial charge in [-0.3, -0.25) is 4.79 Å². The molecule has 2 aromatic rings. The van der Waals surface area contributed by atoms with Gasteiger partial charge in [-0.05, 0) is 37.8 Å². The lowest BCUT2D eigenvalue weighted by atomic mass is 9.99. The summed E-state index contributed by atoms with van der Waals surface area (Å²) in [5.74, 6) is 1.57. The first-order valence-electron chi connectivity index (χ1n) is 8.71. The summed E-state index contributed by atoms with van der Waals surface area (Å²) in [6.07, 6.45) is 5.69. The van der Waals surface area contributed by atoms with Crippen LogP contribution in [0.2, 0.25) is 0 Å². The van der Waals surface area contributed by atoms with Gasteiger partial charge >= 0.3 is 0 Å². The lowest BCUT2D eigenvalue weighted by Gasteiger charge is -2.29. The minimum atomic E-state index is 0.0804. The van der Waals surface area contributed by atoms with Crippen molar-refractivity contribution in [3.8, 4) is 5.75 Å². The van der Waals surface area contributed by atoms with Crippen molar-refractivity contribution in [1.29, 1.82) is 0 Å². The van der Waals surface area contributed by atoms with Crippen LogP contribution in [0.5, 0.6) is 5.75 Å². The van der Waals surface area contributed by atoms with Crippen LogP contribution in [0.4, 0.5) is 0 Å². The average molecular weight is 356 g/mol. The largest absolute Gasteiger partial charge is 0.487 e. The van der Waals surface area contributed by atoms with E-state index in [0.29, 0.717) is 6.61 Å². The van der Waals surface area contributed by atoms with Crippen LogP contribution in [0.15, 0.2) is 35.7 Å². The maximum atomic E-state index is 12.4. The van der Waals surface area contributed by atoms with Crippen molar-refractivity contribution in [2.45, 2.75) is 33.3 Å². The highest BCUT2D eigenvalue weighted by molar-refractivity contribution is 7.09. The van der Waals surface area contributed by atoms with Gasteiger partial charge in [-0.25, -0.2) is 4.98 Å². The Bertz CT molecular complexity index is 746. The van der Waals surface area contributed by atoms with Crippen LogP contribution < -0.4 is 4.74 Å². The maximum Gasteiger partial charge on any atom is 0.246 e. The van der Waals surface area contributed by atoms with Crippen LogP contribution in [-0.4, -0.2) is 28.9 Å². The number of carbonyl (C=O) groups excluding carboxylic acids is 1. The molecule has 1 amide bonds. The minimum Gasteiger partial charge on any atom is -0.487 e. The Morgan fingerprint density at radius 2 is 2.12 bits per heavy atom. The van der Waals surface area contributed by atoms with Crippen molar-refractivity contribution in [2.75, 3.05) is 13.1 Å². The predicted octanol–water partition coefficient (Wildman–Crippen LogP) is 4.30. The lowest BCUT2D eigenvalue weighted by Crippen LogP contribution is -2.36. The second kappa shape index (κ2) is 8.30. The first kappa shape index (κ1) is 17.7. The van der Waals surface area contributed by atoms with Gasteiger partial charge in [0.25, 0.3) is 0 Å². The van der Waals surface area contributed by atoms with Crippen LogP contribution >= 0.6 is 11.3 Å². The van der Waals surface area contributed by atoms with E-state index in [1.165, 1.54) is 0 Å². The number of amides is 1. The molecule has 2 heterocycles. The summed E-state index contributed by atoms with van der Waals surface area (Å²) >= 11 is 1.62. The molecule has 0 atom stereocenters. The van der Waals surface area contributed by atoms with E-state index in [0.717, 1.165) is 53.9 Å². The minimum absolute atomic E-state index is 0.0804. The molecule has 1 aromatic heterocycles. The van der Waals surface area contributed by atoms with Crippen molar-refractivity contribution < 1.29 is 9.53 Å². The van der Waals surface area contributed by atoms with Gasteiger partial charge in [0, 0.05) is 30.1 Å². The van der Waals surface area contributed by atoms with Crippen molar-refractivity contribution in [2.24, 2.45) is 5.92 Å². The Hall–Kier alpha value is -2.14. The number of ether oxygens (including phenoxy) is 1. The molecule has 1 saturated heterocycles. The van der Waals surface area contributed by atoms with Crippen molar-refractivity contribution in [3.63, 3.8) is 0 Å². The summed E-state index contributed by atoms with van der Waals surface area (Å²) in [7, 11) is 0. The van der Waals surface area contributed by atoms with E-state index in [9.17, 15) is 4.79 Å². The third kappa shape index (κ3) is 4.92. The Morgan fingerprint density at radius 3 is 2.84 bits per heavy atom. The van der Waals surface area contributed by atoms with Crippen LogP contribution in [0.25, 0.3) is 6.08 Å². The topological polar surface area (TPSA) is 42.4 Å². The van der Waals surface area contributed by atoms with E-state index >= 15 is 0 Å². The molecule has 25 heavy (non-hydrogen) atoms. The molecule has 0 unspecified atom stereocenters. The first-order chi connectivity index (χ1) is 12.1. The second-order valence-electron chi connectivity index (χ2n) is 6.53. The fourth-order valence-corrected chi connectivity index (χ4v) is 3.47. The maximum absolute atomic E-state index is 12.4. The van der Waals surface area contributed by atoms with Gasteiger partial charge in [-0.1, -0.05) is 25.1 Å². The standard InChI is InChI=1S/C20H24N2O2S/c1-15-9-11-22(12-10-15)20(23)8-7-17-5-3-4-6-19(17)24-13-18-14-25-16(2)21-18/h3-8,14-15H,9-13H2,1-2H3/b8-7+. The molecular formula is C20H24N2O2S. The van der Waals surface area contributed by atoms with Gasteiger partial charge in [0.1, 0.15) is 12.4 Å². The monoisotopic (exact) mass is 356 g/mol. The predicted molar refractivity (Wildman–Crippen MR) is 102 cm³/mol.